The van der Waals surface area contributed by atoms with Gasteiger partial charge in [-0.25, -0.2) is 0 Å². The Hall–Kier alpha value is 1.08. The molecular formula is C7H17GdNO5. The van der Waals surface area contributed by atoms with Crippen molar-refractivity contribution in [3.05, 3.63) is 0 Å². The van der Waals surface area contributed by atoms with Gasteiger partial charge in [0.1, 0.15) is 18.3 Å². The van der Waals surface area contributed by atoms with Crippen molar-refractivity contribution in [1.29, 1.82) is 0 Å². The SMILES string of the molecule is CNC[C@H](O)[C@@H](O)[C@H](O)[C@H](O)CO.[Gd]. The molecule has 14 heavy (non-hydrogen) atoms. The van der Waals surface area contributed by atoms with Crippen LogP contribution in [0.3, 0.4) is 0 Å². The standard InChI is InChI=1S/C7H17NO5.Gd/c1-8-2-4(10)6(12)7(13)5(11)3-9;/h4-13H,2-3H2,1H3;/t4-,5+,6+,7+;/m0./s1. The summed E-state index contributed by atoms with van der Waals surface area (Å²) in [7, 11) is 1.57. The van der Waals surface area contributed by atoms with Gasteiger partial charge in [0, 0.05) is 46.5 Å². The van der Waals surface area contributed by atoms with Gasteiger partial charge in [0.2, 0.25) is 0 Å². The molecular weight excluding hydrogens is 335 g/mol. The van der Waals surface area contributed by atoms with Gasteiger partial charge in [-0.05, 0) is 7.05 Å². The van der Waals surface area contributed by atoms with E-state index < -0.39 is 31.0 Å². The van der Waals surface area contributed by atoms with Gasteiger partial charge in [0.15, 0.2) is 0 Å². The summed E-state index contributed by atoms with van der Waals surface area (Å²) < 4.78 is 0. The fourth-order valence-electron chi connectivity index (χ4n) is 0.893. The Bertz CT molecular complexity index is 139. The van der Waals surface area contributed by atoms with E-state index in [0.29, 0.717) is 0 Å². The van der Waals surface area contributed by atoms with Crippen LogP contribution in [0.4, 0.5) is 0 Å². The Kier molecular flexibility index (Phi) is 11.6. The van der Waals surface area contributed by atoms with E-state index in [1.54, 1.807) is 7.05 Å². The molecule has 0 aliphatic carbocycles. The minimum Gasteiger partial charge on any atom is -0.394 e. The summed E-state index contributed by atoms with van der Waals surface area (Å²) in [5.74, 6) is 0. The molecule has 0 radical (unpaired) electrons. The van der Waals surface area contributed by atoms with Crippen molar-refractivity contribution in [2.45, 2.75) is 24.4 Å². The predicted molar refractivity (Wildman–Crippen MR) is 45.0 cm³/mol. The van der Waals surface area contributed by atoms with E-state index in [-0.39, 0.29) is 46.5 Å². The molecule has 6 nitrogen and oxygen atoms in total. The topological polar surface area (TPSA) is 113 Å². The molecule has 0 heterocycles. The smallest absolute Gasteiger partial charge is 0.111 e. The number of aliphatic hydroxyl groups excluding tert-OH is 5. The van der Waals surface area contributed by atoms with E-state index in [4.69, 9.17) is 20.4 Å². The molecule has 4 atom stereocenters. The van der Waals surface area contributed by atoms with Crippen LogP contribution in [0.25, 0.3) is 0 Å². The molecule has 6 N–H and O–H groups in total. The first kappa shape index (κ1) is 17.5. The van der Waals surface area contributed by atoms with Crippen molar-refractivity contribution < 1.29 is 65.5 Å². The van der Waals surface area contributed by atoms with E-state index in [1.807, 2.05) is 0 Å². The molecule has 0 bridgehead atoms. The van der Waals surface area contributed by atoms with Crippen LogP contribution in [0.2, 0.25) is 0 Å². The number of nitrogens with one attached hydrogen (secondary N) is 1. The molecule has 0 amide bonds. The Morgan fingerprint density at radius 1 is 1.00 bits per heavy atom. The maximum absolute atomic E-state index is 9.21. The van der Waals surface area contributed by atoms with E-state index in [9.17, 15) is 5.11 Å². The second kappa shape index (κ2) is 9.32. The summed E-state index contributed by atoms with van der Waals surface area (Å²) >= 11 is 0. The molecule has 0 aromatic carbocycles. The second-order valence-corrected chi connectivity index (χ2v) is 2.86. The maximum atomic E-state index is 9.21. The Morgan fingerprint density at radius 3 is 1.79 bits per heavy atom. The van der Waals surface area contributed by atoms with E-state index in [1.165, 1.54) is 0 Å². The van der Waals surface area contributed by atoms with Crippen LogP contribution in [-0.2, 0) is 0 Å². The molecule has 0 rings (SSSR count). The molecule has 0 fully saturated rings. The summed E-state index contributed by atoms with van der Waals surface area (Å²) in [6.45, 7) is -0.569. The molecule has 0 unspecified atom stereocenters. The van der Waals surface area contributed by atoms with Gasteiger partial charge in [-0.2, -0.15) is 0 Å². The van der Waals surface area contributed by atoms with E-state index >= 15 is 0 Å². The largest absolute Gasteiger partial charge is 0.394 e. The zero-order valence-electron chi connectivity index (χ0n) is 7.81. The van der Waals surface area contributed by atoms with E-state index in [2.05, 4.69) is 5.32 Å². The third kappa shape index (κ3) is 5.84. The number of likely N-dealkylation sites (N-methyl/N-ethyl adjacent to an activating group) is 1. The van der Waals surface area contributed by atoms with Gasteiger partial charge in [0.05, 0.1) is 12.7 Å². The molecule has 0 aliphatic heterocycles. The molecule has 0 saturated heterocycles. The maximum Gasteiger partial charge on any atom is 0.111 e. The summed E-state index contributed by atoms with van der Waals surface area (Å²) in [4.78, 5) is 0. The first-order valence-corrected chi connectivity index (χ1v) is 4.02. The average Bonchev–Trinajstić information content (AvgIpc) is 2.14. The number of aliphatic hydroxyl groups is 5. The first-order valence-electron chi connectivity index (χ1n) is 4.02. The van der Waals surface area contributed by atoms with Crippen molar-refractivity contribution in [1.82, 2.24) is 5.32 Å². The Balaban J connectivity index is 0. The molecule has 0 spiro atoms. The quantitative estimate of drug-likeness (QED) is 0.298. The molecule has 88 valence electrons. The summed E-state index contributed by atoms with van der Waals surface area (Å²) in [6.07, 6.45) is -5.65. The third-order valence-electron chi connectivity index (χ3n) is 1.74. The van der Waals surface area contributed by atoms with Crippen molar-refractivity contribution in [2.24, 2.45) is 0 Å². The van der Waals surface area contributed by atoms with Gasteiger partial charge in [-0.3, -0.25) is 0 Å². The molecule has 0 saturated carbocycles. The van der Waals surface area contributed by atoms with Crippen LogP contribution >= 0.6 is 0 Å². The van der Waals surface area contributed by atoms with Crippen LogP contribution in [0.1, 0.15) is 0 Å². The van der Waals surface area contributed by atoms with Gasteiger partial charge in [-0.15, -0.1) is 0 Å². The Morgan fingerprint density at radius 2 is 1.43 bits per heavy atom. The van der Waals surface area contributed by atoms with Gasteiger partial charge >= 0.3 is 0 Å². The van der Waals surface area contributed by atoms with Crippen LogP contribution in [0.15, 0.2) is 0 Å². The van der Waals surface area contributed by atoms with Gasteiger partial charge in [0.25, 0.3) is 0 Å². The van der Waals surface area contributed by atoms with Crippen molar-refractivity contribution in [2.75, 3.05) is 20.2 Å². The van der Waals surface area contributed by atoms with Crippen LogP contribution in [0, 0.1) is 39.9 Å². The predicted octanol–water partition coefficient (Wildman–Crippen LogP) is -3.36. The van der Waals surface area contributed by atoms with Gasteiger partial charge in [-0.1, -0.05) is 0 Å². The summed E-state index contributed by atoms with van der Waals surface area (Å²) in [6, 6.07) is 0. The number of rotatable bonds is 6. The fraction of sp³-hybridized carbons (Fsp3) is 1.00. The van der Waals surface area contributed by atoms with Crippen LogP contribution in [0.5, 0.6) is 0 Å². The fourth-order valence-corrected chi connectivity index (χ4v) is 0.893. The molecule has 0 aromatic rings. The summed E-state index contributed by atoms with van der Waals surface area (Å²) in [5.41, 5.74) is 0. The van der Waals surface area contributed by atoms with Crippen molar-refractivity contribution in [3.8, 4) is 0 Å². The Labute approximate surface area is 115 Å². The monoisotopic (exact) mass is 353 g/mol. The molecule has 0 aromatic heterocycles. The zero-order chi connectivity index (χ0) is 10.4. The average molecular weight is 352 g/mol. The molecule has 7 heteroatoms. The summed E-state index contributed by atoms with van der Waals surface area (Å²) in [5, 5.41) is 47.5. The third-order valence-corrected chi connectivity index (χ3v) is 1.74. The number of hydrogen-bond acceptors (Lipinski definition) is 6. The van der Waals surface area contributed by atoms with Crippen molar-refractivity contribution >= 4 is 0 Å². The first-order chi connectivity index (χ1) is 6.04. The van der Waals surface area contributed by atoms with Crippen molar-refractivity contribution in [3.63, 3.8) is 0 Å². The second-order valence-electron chi connectivity index (χ2n) is 2.86. The molecule has 0 aliphatic rings. The van der Waals surface area contributed by atoms with Crippen LogP contribution < -0.4 is 5.32 Å². The van der Waals surface area contributed by atoms with Gasteiger partial charge < -0.3 is 30.8 Å². The minimum atomic E-state index is -1.55. The number of hydrogen-bond donors (Lipinski definition) is 6. The minimum absolute atomic E-state index is 0. The van der Waals surface area contributed by atoms with E-state index in [0.717, 1.165) is 0 Å². The van der Waals surface area contributed by atoms with Crippen LogP contribution in [-0.4, -0.2) is 70.1 Å². The normalized spacial score (nSPS) is 19.3. The zero-order valence-corrected chi connectivity index (χ0v) is 10.1.